The first-order chi connectivity index (χ1) is 3.43. The molecule has 0 amide bonds. The second kappa shape index (κ2) is 2.03. The molecule has 0 aromatic rings. The summed E-state index contributed by atoms with van der Waals surface area (Å²) < 4.78 is 9.95. The fourth-order valence-electron chi connectivity index (χ4n) is 0.368. The van der Waals surface area contributed by atoms with E-state index in [4.69, 9.17) is 0 Å². The maximum atomic E-state index is 9.95. The van der Waals surface area contributed by atoms with Gasteiger partial charge in [-0.05, 0) is 0 Å². The van der Waals surface area contributed by atoms with Crippen LogP contribution in [0.1, 0.15) is 6.42 Å². The summed E-state index contributed by atoms with van der Waals surface area (Å²) in [5, 5.41) is 3.42. The summed E-state index contributed by atoms with van der Waals surface area (Å²) in [4.78, 5) is 4.57. The lowest BCUT2D eigenvalue weighted by Gasteiger charge is -1.83. The van der Waals surface area contributed by atoms with E-state index in [0.29, 0.717) is 6.42 Å². The zero-order valence-electron chi connectivity index (χ0n) is 3.63. The summed E-state index contributed by atoms with van der Waals surface area (Å²) in [5.74, 6) is -0.153. The van der Waals surface area contributed by atoms with Gasteiger partial charge in [0.25, 0.3) is 0 Å². The molecule has 1 aliphatic rings. The molecule has 2 atom stereocenters. The molecule has 0 bridgehead atoms. The third-order valence-corrected chi connectivity index (χ3v) is 1.32. The highest BCUT2D eigenvalue weighted by Gasteiger charge is 2.18. The van der Waals surface area contributed by atoms with E-state index < -0.39 is 0 Å². The van der Waals surface area contributed by atoms with E-state index in [-0.39, 0.29) is 14.3 Å². The molecule has 1 rings (SSSR count). The molecule has 0 saturated heterocycles. The summed E-state index contributed by atoms with van der Waals surface area (Å²) in [6.07, 6.45) is 2.32. The number of nitrogens with zero attached hydrogens (tertiary/aromatic N) is 1. The van der Waals surface area contributed by atoms with Crippen LogP contribution in [0.4, 0.5) is 0 Å². The molecule has 1 heterocycles. The van der Waals surface area contributed by atoms with Crippen molar-refractivity contribution in [3.63, 3.8) is 0 Å². The Bertz CT molecular complexity index is 95.1. The van der Waals surface area contributed by atoms with Gasteiger partial charge >= 0.3 is 14.3 Å². The van der Waals surface area contributed by atoms with E-state index in [0.717, 1.165) is 0 Å². The van der Waals surface area contributed by atoms with Crippen molar-refractivity contribution in [2.45, 2.75) is 12.3 Å². The van der Waals surface area contributed by atoms with Gasteiger partial charge in [0.1, 0.15) is 0 Å². The van der Waals surface area contributed by atoms with Crippen LogP contribution in [0.25, 0.3) is 0 Å². The molecule has 0 aromatic heterocycles. The lowest BCUT2D eigenvalue weighted by molar-refractivity contribution is 0.144. The Kier molecular flexibility index (Phi) is 1.37. The van der Waals surface area contributed by atoms with Gasteiger partial charge in [0, 0.05) is 0 Å². The summed E-state index contributed by atoms with van der Waals surface area (Å²) in [6, 6.07) is 0. The van der Waals surface area contributed by atoms with Crippen molar-refractivity contribution in [1.29, 1.82) is 0 Å². The maximum Gasteiger partial charge on any atom is 0.371 e. The van der Waals surface area contributed by atoms with Crippen LogP contribution >= 0.6 is 8.46 Å². The van der Waals surface area contributed by atoms with Gasteiger partial charge in [-0.1, -0.05) is 9.72 Å². The maximum absolute atomic E-state index is 9.95. The van der Waals surface area contributed by atoms with E-state index >= 15 is 0 Å². The molecule has 3 nitrogen and oxygen atoms in total. The van der Waals surface area contributed by atoms with Crippen LogP contribution < -0.4 is 0 Å². The van der Waals surface area contributed by atoms with Crippen LogP contribution in [0.2, 0.25) is 0 Å². The minimum Gasteiger partial charge on any atom is -0.342 e. The van der Waals surface area contributed by atoms with Gasteiger partial charge in [0.2, 0.25) is 0 Å². The highest BCUT2D eigenvalue weighted by molar-refractivity contribution is 7.24. The summed E-state index contributed by atoms with van der Waals surface area (Å²) >= 11 is 0. The van der Waals surface area contributed by atoms with Crippen molar-refractivity contribution < 1.29 is 9.40 Å². The summed E-state index contributed by atoms with van der Waals surface area (Å²) in [7, 11) is -0.386. The van der Waals surface area contributed by atoms with Crippen molar-refractivity contribution in [1.82, 2.24) is 0 Å². The minimum atomic E-state index is -0.386. The summed E-state index contributed by atoms with van der Waals surface area (Å²) in [6.45, 7) is 0. The zero-order valence-corrected chi connectivity index (χ0v) is 4.63. The molecule has 0 fully saturated rings. The van der Waals surface area contributed by atoms with Gasteiger partial charge in [-0.15, -0.1) is 0 Å². The topological polar surface area (TPSA) is 38.7 Å². The van der Waals surface area contributed by atoms with Crippen LogP contribution in [-0.2, 0) is 9.40 Å². The van der Waals surface area contributed by atoms with Crippen molar-refractivity contribution >= 4 is 14.7 Å². The average molecular weight is 118 g/mol. The summed E-state index contributed by atoms with van der Waals surface area (Å²) in [5.41, 5.74) is 0. The largest absolute Gasteiger partial charge is 0.371 e. The normalized spacial score (nSPS) is 28.3. The third kappa shape index (κ3) is 0.967. The molecule has 1 aliphatic heterocycles. The second-order valence-electron chi connectivity index (χ2n) is 1.24. The average Bonchev–Trinajstić information content (AvgIpc) is 2.14. The molecule has 0 aliphatic carbocycles. The Balaban J connectivity index is 2.35. The molecule has 0 N–H and O–H groups in total. The Morgan fingerprint density at radius 2 is 2.86 bits per heavy atom. The molecule has 2 unspecified atom stereocenters. The Morgan fingerprint density at radius 1 is 2.00 bits per heavy atom. The zero-order chi connectivity index (χ0) is 5.11. The van der Waals surface area contributed by atoms with Crippen LogP contribution in [0, 0.1) is 0 Å². The quantitative estimate of drug-likeness (QED) is 0.476. The first-order valence-electron chi connectivity index (χ1n) is 1.99. The van der Waals surface area contributed by atoms with Crippen molar-refractivity contribution in [2.24, 2.45) is 5.16 Å². The highest BCUT2D eigenvalue weighted by atomic mass is 31.1. The van der Waals surface area contributed by atoms with E-state index in [1.807, 2.05) is 0 Å². The molecule has 7 heavy (non-hydrogen) atoms. The molecule has 0 aromatic carbocycles. The predicted molar refractivity (Wildman–Crippen MR) is 27.0 cm³/mol. The van der Waals surface area contributed by atoms with E-state index in [1.165, 1.54) is 0 Å². The lowest BCUT2D eigenvalue weighted by atomic mass is 10.5. The lowest BCUT2D eigenvalue weighted by Crippen LogP contribution is -1.90. The number of rotatable bonds is 1. The second-order valence-corrected chi connectivity index (χ2v) is 2.12. The van der Waals surface area contributed by atoms with Crippen molar-refractivity contribution in [2.75, 3.05) is 0 Å². The molecule has 0 radical (unpaired) electrons. The van der Waals surface area contributed by atoms with E-state index in [1.54, 1.807) is 6.21 Å². The van der Waals surface area contributed by atoms with E-state index in [9.17, 15) is 4.57 Å². The first kappa shape index (κ1) is 4.72. The molecule has 0 spiro atoms. The van der Waals surface area contributed by atoms with Gasteiger partial charge in [-0.2, -0.15) is 0 Å². The van der Waals surface area contributed by atoms with Gasteiger partial charge < -0.3 is 4.84 Å². The molecular weight excluding hydrogens is 113 g/mol. The Hall–Kier alpha value is -0.430. The van der Waals surface area contributed by atoms with Gasteiger partial charge in [0.05, 0.1) is 12.6 Å². The predicted octanol–water partition coefficient (Wildman–Crippen LogP) is 0.743. The standard InChI is InChI=1S/C3H4NO2P/c5-7-3-1-2-4-6-3/h2-3H,1H2/p+1. The number of hydrogen-bond donors (Lipinski definition) is 0. The van der Waals surface area contributed by atoms with Crippen molar-refractivity contribution in [3.05, 3.63) is 0 Å². The molecule has 0 saturated carbocycles. The third-order valence-electron chi connectivity index (χ3n) is 0.714. The monoisotopic (exact) mass is 118 g/mol. The van der Waals surface area contributed by atoms with Crippen LogP contribution in [0.5, 0.6) is 0 Å². The number of oxime groups is 1. The molecule has 4 heteroatoms. The minimum absolute atomic E-state index is 0.153. The smallest absolute Gasteiger partial charge is 0.342 e. The van der Waals surface area contributed by atoms with Crippen LogP contribution in [0.3, 0.4) is 0 Å². The van der Waals surface area contributed by atoms with Gasteiger partial charge in [-0.3, -0.25) is 0 Å². The fraction of sp³-hybridized carbons (Fsp3) is 0.667. The number of hydrogen-bond acceptors (Lipinski definition) is 3. The molecular formula is C3H5NO2P+. The highest BCUT2D eigenvalue weighted by Crippen LogP contribution is 2.15. The fourth-order valence-corrected chi connectivity index (χ4v) is 0.673. The van der Waals surface area contributed by atoms with Gasteiger partial charge in [0.15, 0.2) is 0 Å². The Morgan fingerprint density at radius 3 is 3.14 bits per heavy atom. The van der Waals surface area contributed by atoms with Gasteiger partial charge in [-0.25, -0.2) is 0 Å². The SMILES string of the molecule is O=[PH+]C1CC=NO1. The Labute approximate surface area is 42.5 Å². The molecule has 38 valence electrons. The van der Waals surface area contributed by atoms with Crippen LogP contribution in [-0.4, -0.2) is 12.1 Å². The first-order valence-corrected chi connectivity index (χ1v) is 2.97. The van der Waals surface area contributed by atoms with E-state index in [2.05, 4.69) is 9.99 Å². The van der Waals surface area contributed by atoms with Crippen LogP contribution in [0.15, 0.2) is 5.16 Å². The van der Waals surface area contributed by atoms with Crippen molar-refractivity contribution in [3.8, 4) is 0 Å².